The van der Waals surface area contributed by atoms with Gasteiger partial charge in [0.15, 0.2) is 0 Å². The average Bonchev–Trinajstić information content (AvgIpc) is 3.04. The second-order valence-electron chi connectivity index (χ2n) is 4.78. The largest absolute Gasteiger partial charge is 0.445 e. The van der Waals surface area contributed by atoms with Crippen molar-refractivity contribution in [3.05, 3.63) is 47.2 Å². The first kappa shape index (κ1) is 13.9. The Labute approximate surface area is 126 Å². The molecule has 2 heterocycles. The minimum Gasteiger partial charge on any atom is -0.445 e. The van der Waals surface area contributed by atoms with E-state index in [9.17, 15) is 0 Å². The lowest BCUT2D eigenvalue weighted by atomic mass is 10.1. The van der Waals surface area contributed by atoms with Crippen LogP contribution in [0.25, 0.3) is 11.5 Å². The molecule has 3 aromatic rings. The minimum absolute atomic E-state index is 0.514. The molecule has 0 spiro atoms. The molecule has 0 saturated heterocycles. The number of oxazole rings is 1. The van der Waals surface area contributed by atoms with Crippen LogP contribution in [-0.4, -0.2) is 15.2 Å². The molecule has 21 heavy (non-hydrogen) atoms. The molecule has 0 fully saturated rings. The molecule has 0 radical (unpaired) electrons. The van der Waals surface area contributed by atoms with E-state index in [2.05, 4.69) is 15.2 Å². The molecule has 108 valence electrons. The first-order chi connectivity index (χ1) is 10.1. The first-order valence-electron chi connectivity index (χ1n) is 6.58. The van der Waals surface area contributed by atoms with Crippen LogP contribution in [-0.2, 0) is 5.75 Å². The van der Waals surface area contributed by atoms with Gasteiger partial charge in [0.25, 0.3) is 5.22 Å². The van der Waals surface area contributed by atoms with Crippen LogP contribution in [0.4, 0.5) is 0 Å². The smallest absolute Gasteiger partial charge is 0.277 e. The van der Waals surface area contributed by atoms with Crippen LogP contribution < -0.4 is 0 Å². The van der Waals surface area contributed by atoms with Gasteiger partial charge in [-0.25, -0.2) is 4.98 Å². The van der Waals surface area contributed by atoms with Crippen molar-refractivity contribution in [1.82, 2.24) is 15.2 Å². The third-order valence-corrected chi connectivity index (χ3v) is 3.87. The molecule has 0 aliphatic rings. The lowest BCUT2D eigenvalue weighted by Gasteiger charge is -1.95. The van der Waals surface area contributed by atoms with E-state index in [0.717, 1.165) is 22.6 Å². The molecule has 6 heteroatoms. The number of thioether (sulfide) groups is 1. The van der Waals surface area contributed by atoms with Crippen molar-refractivity contribution in [1.29, 1.82) is 0 Å². The van der Waals surface area contributed by atoms with Crippen molar-refractivity contribution in [2.24, 2.45) is 0 Å². The zero-order chi connectivity index (χ0) is 14.8. The Morgan fingerprint density at radius 1 is 1.10 bits per heavy atom. The van der Waals surface area contributed by atoms with Gasteiger partial charge < -0.3 is 8.83 Å². The molecular weight excluding hydrogens is 286 g/mol. The molecule has 0 unspecified atom stereocenters. The maximum Gasteiger partial charge on any atom is 0.277 e. The predicted molar refractivity (Wildman–Crippen MR) is 80.0 cm³/mol. The first-order valence-corrected chi connectivity index (χ1v) is 7.56. The van der Waals surface area contributed by atoms with Crippen LogP contribution in [0, 0.1) is 20.8 Å². The molecule has 0 bridgehead atoms. The van der Waals surface area contributed by atoms with Gasteiger partial charge in [0.1, 0.15) is 5.76 Å². The van der Waals surface area contributed by atoms with Gasteiger partial charge in [-0.2, -0.15) is 0 Å². The number of benzene rings is 1. The summed E-state index contributed by atoms with van der Waals surface area (Å²) in [7, 11) is 0. The predicted octanol–water partition coefficient (Wildman–Crippen LogP) is 3.94. The molecule has 0 aliphatic heterocycles. The van der Waals surface area contributed by atoms with Gasteiger partial charge >= 0.3 is 0 Å². The molecule has 0 atom stereocenters. The lowest BCUT2D eigenvalue weighted by molar-refractivity contribution is 0.462. The molecule has 0 aliphatic carbocycles. The summed E-state index contributed by atoms with van der Waals surface area (Å²) in [6.45, 7) is 5.86. The highest BCUT2D eigenvalue weighted by atomic mass is 32.2. The fraction of sp³-hybridized carbons (Fsp3) is 0.267. The summed E-state index contributed by atoms with van der Waals surface area (Å²) in [4.78, 5) is 4.32. The third-order valence-electron chi connectivity index (χ3n) is 3.06. The molecule has 0 amide bonds. The molecule has 0 saturated carbocycles. The fourth-order valence-electron chi connectivity index (χ4n) is 1.89. The summed E-state index contributed by atoms with van der Waals surface area (Å²) < 4.78 is 11.2. The summed E-state index contributed by atoms with van der Waals surface area (Å²) in [5.74, 6) is 2.62. The zero-order valence-corrected chi connectivity index (χ0v) is 12.9. The van der Waals surface area contributed by atoms with Gasteiger partial charge in [0.05, 0.1) is 11.4 Å². The normalized spacial score (nSPS) is 11.0. The lowest BCUT2D eigenvalue weighted by Crippen LogP contribution is -1.80. The van der Waals surface area contributed by atoms with E-state index in [1.807, 2.05) is 45.0 Å². The van der Waals surface area contributed by atoms with E-state index in [1.54, 1.807) is 0 Å². The topological polar surface area (TPSA) is 65.0 Å². The van der Waals surface area contributed by atoms with Crippen LogP contribution in [0.2, 0.25) is 0 Å². The van der Waals surface area contributed by atoms with Crippen molar-refractivity contribution in [2.45, 2.75) is 31.7 Å². The Hall–Kier alpha value is -2.08. The van der Waals surface area contributed by atoms with E-state index < -0.39 is 0 Å². The van der Waals surface area contributed by atoms with Crippen molar-refractivity contribution in [3.8, 4) is 11.5 Å². The number of rotatable bonds is 4. The molecule has 1 aromatic carbocycles. The van der Waals surface area contributed by atoms with Crippen molar-refractivity contribution >= 4 is 11.8 Å². The number of hydrogen-bond donors (Lipinski definition) is 0. The Kier molecular flexibility index (Phi) is 3.79. The maximum atomic E-state index is 5.65. The second-order valence-corrected chi connectivity index (χ2v) is 5.71. The van der Waals surface area contributed by atoms with Crippen molar-refractivity contribution < 1.29 is 8.83 Å². The number of nitrogens with zero attached hydrogens (tertiary/aromatic N) is 3. The Morgan fingerprint density at radius 2 is 1.95 bits per heavy atom. The van der Waals surface area contributed by atoms with Gasteiger partial charge in [-0.3, -0.25) is 0 Å². The van der Waals surface area contributed by atoms with Gasteiger partial charge in [-0.05, 0) is 32.9 Å². The van der Waals surface area contributed by atoms with Gasteiger partial charge in [0, 0.05) is 5.56 Å². The second kappa shape index (κ2) is 5.73. The molecule has 0 N–H and O–H groups in total. The molecule has 5 nitrogen and oxygen atoms in total. The van der Waals surface area contributed by atoms with Gasteiger partial charge in [0.2, 0.25) is 11.8 Å². The number of hydrogen-bond acceptors (Lipinski definition) is 6. The summed E-state index contributed by atoms with van der Waals surface area (Å²) >= 11 is 1.42. The van der Waals surface area contributed by atoms with Crippen LogP contribution in [0.15, 0.2) is 38.3 Å². The zero-order valence-electron chi connectivity index (χ0n) is 12.1. The Morgan fingerprint density at radius 3 is 2.67 bits per heavy atom. The summed E-state index contributed by atoms with van der Waals surface area (Å²) in [6, 6.07) is 7.97. The standard InChI is InChI=1S/C15H15N3O2S/c1-9-5-4-6-12(7-9)14-17-18-15(20-14)21-8-13-16-10(2)11(3)19-13/h4-7H,8H2,1-3H3. The summed E-state index contributed by atoms with van der Waals surface area (Å²) in [5, 5.41) is 8.63. The van der Waals surface area contributed by atoms with E-state index in [0.29, 0.717) is 22.8 Å². The fourth-order valence-corrected chi connectivity index (χ4v) is 2.49. The van der Waals surface area contributed by atoms with Gasteiger partial charge in [-0.15, -0.1) is 10.2 Å². The van der Waals surface area contributed by atoms with Crippen LogP contribution in [0.1, 0.15) is 22.9 Å². The average molecular weight is 301 g/mol. The van der Waals surface area contributed by atoms with E-state index in [4.69, 9.17) is 8.83 Å². The highest BCUT2D eigenvalue weighted by Gasteiger charge is 2.12. The number of aryl methyl sites for hydroxylation is 3. The van der Waals surface area contributed by atoms with Crippen molar-refractivity contribution in [3.63, 3.8) is 0 Å². The van der Waals surface area contributed by atoms with Gasteiger partial charge in [-0.1, -0.05) is 29.5 Å². The molecular formula is C15H15N3O2S. The quantitative estimate of drug-likeness (QED) is 0.680. The minimum atomic E-state index is 0.514. The van der Waals surface area contributed by atoms with Crippen LogP contribution >= 0.6 is 11.8 Å². The van der Waals surface area contributed by atoms with Crippen LogP contribution in [0.5, 0.6) is 0 Å². The molecule has 3 rings (SSSR count). The highest BCUT2D eigenvalue weighted by molar-refractivity contribution is 7.98. The highest BCUT2D eigenvalue weighted by Crippen LogP contribution is 2.26. The Balaban J connectivity index is 1.70. The van der Waals surface area contributed by atoms with E-state index >= 15 is 0 Å². The van der Waals surface area contributed by atoms with Crippen LogP contribution in [0.3, 0.4) is 0 Å². The molecule has 2 aromatic heterocycles. The SMILES string of the molecule is Cc1cccc(-c2nnc(SCc3nc(C)c(C)o3)o2)c1. The monoisotopic (exact) mass is 301 g/mol. The maximum absolute atomic E-state index is 5.65. The summed E-state index contributed by atoms with van der Waals surface area (Å²) in [5.41, 5.74) is 3.00. The van der Waals surface area contributed by atoms with Crippen molar-refractivity contribution in [2.75, 3.05) is 0 Å². The number of aromatic nitrogens is 3. The summed E-state index contributed by atoms with van der Waals surface area (Å²) in [6.07, 6.45) is 0. The third kappa shape index (κ3) is 3.16. The van der Waals surface area contributed by atoms with E-state index in [1.165, 1.54) is 11.8 Å². The van der Waals surface area contributed by atoms with E-state index in [-0.39, 0.29) is 0 Å². The Bertz CT molecular complexity index is 744.